The van der Waals surface area contributed by atoms with Crippen molar-refractivity contribution in [1.29, 1.82) is 0 Å². The topological polar surface area (TPSA) is 114 Å². The van der Waals surface area contributed by atoms with E-state index in [1.54, 1.807) is 0 Å². The summed E-state index contributed by atoms with van der Waals surface area (Å²) < 4.78 is 35.6. The molecule has 1 fully saturated rings. The first-order chi connectivity index (χ1) is 23.9. The predicted octanol–water partition coefficient (Wildman–Crippen LogP) is 8.12. The van der Waals surface area contributed by atoms with Crippen molar-refractivity contribution < 1.29 is 38.0 Å². The molecule has 296 valence electrons. The van der Waals surface area contributed by atoms with E-state index >= 15 is 0 Å². The maximum atomic E-state index is 13.2. The minimum absolute atomic E-state index is 0.0472. The minimum atomic E-state index is -0.442. The first kappa shape index (κ1) is 47.1. The summed E-state index contributed by atoms with van der Waals surface area (Å²) in [6.45, 7) is 20.3. The van der Waals surface area contributed by atoms with Crippen molar-refractivity contribution in [2.45, 2.75) is 125 Å². The molecule has 1 rings (SSSR count). The van der Waals surface area contributed by atoms with Crippen LogP contribution in [0.5, 0.6) is 0 Å². The number of rotatable bonds is 29. The van der Waals surface area contributed by atoms with Crippen LogP contribution >= 0.6 is 25.3 Å². The van der Waals surface area contributed by atoms with Crippen molar-refractivity contribution in [3.05, 3.63) is 0 Å². The van der Waals surface area contributed by atoms with Crippen LogP contribution in [0.1, 0.15) is 119 Å². The van der Waals surface area contributed by atoms with E-state index in [0.717, 1.165) is 75.7 Å². The largest absolute Gasteiger partial charge is 0.449 e. The number of hydrogen-bond donors (Lipinski definition) is 4. The second-order valence-corrected chi connectivity index (χ2v) is 16.6. The van der Waals surface area contributed by atoms with Crippen LogP contribution in [-0.2, 0) is 28.4 Å². The van der Waals surface area contributed by atoms with Gasteiger partial charge in [0.1, 0.15) is 13.2 Å². The van der Waals surface area contributed by atoms with Gasteiger partial charge in [0.25, 0.3) is 0 Å². The van der Waals surface area contributed by atoms with Crippen molar-refractivity contribution in [3.8, 4) is 0 Å². The average Bonchev–Trinajstić information content (AvgIpc) is 3.08. The molecule has 0 bridgehead atoms. The monoisotopic (exact) mass is 750 g/mol. The van der Waals surface area contributed by atoms with Crippen LogP contribution < -0.4 is 10.6 Å². The normalized spacial score (nSPS) is 19.3. The maximum absolute atomic E-state index is 13.2. The van der Waals surface area contributed by atoms with Crippen LogP contribution in [0.4, 0.5) is 9.59 Å². The second-order valence-electron chi connectivity index (χ2n) is 15.7. The molecule has 2 unspecified atom stereocenters. The smallest absolute Gasteiger partial charge is 0.407 e. The average molecular weight is 751 g/mol. The number of hydrogen-bond acceptors (Lipinski definition) is 10. The third-order valence-electron chi connectivity index (χ3n) is 9.75. The van der Waals surface area contributed by atoms with Crippen molar-refractivity contribution in [2.24, 2.45) is 21.7 Å². The third-order valence-corrected chi connectivity index (χ3v) is 10.4. The molecule has 50 heavy (non-hydrogen) atoms. The number of alkyl carbamates (subject to hydrolysis) is 2. The molecule has 0 aliphatic heterocycles. The van der Waals surface area contributed by atoms with Crippen LogP contribution in [0.3, 0.4) is 0 Å². The Balaban J connectivity index is 2.80. The lowest BCUT2D eigenvalue weighted by atomic mass is 9.62. The lowest BCUT2D eigenvalue weighted by Crippen LogP contribution is -2.51. The molecule has 0 aromatic rings. The number of amides is 2. The zero-order valence-electron chi connectivity index (χ0n) is 32.7. The predicted molar refractivity (Wildman–Crippen MR) is 209 cm³/mol. The van der Waals surface area contributed by atoms with Crippen molar-refractivity contribution in [3.63, 3.8) is 0 Å². The molecule has 0 aromatic heterocycles. The molecule has 12 heteroatoms. The van der Waals surface area contributed by atoms with Gasteiger partial charge < -0.3 is 39.1 Å². The molecule has 2 atom stereocenters. The summed E-state index contributed by atoms with van der Waals surface area (Å²) >= 11 is 8.55. The molecule has 0 aromatic carbocycles. The van der Waals surface area contributed by atoms with Gasteiger partial charge >= 0.3 is 12.2 Å². The molecule has 0 heterocycles. The van der Waals surface area contributed by atoms with E-state index in [4.69, 9.17) is 28.4 Å². The van der Waals surface area contributed by atoms with Crippen LogP contribution in [0, 0.1) is 21.7 Å². The molecule has 0 spiro atoms. The third kappa shape index (κ3) is 19.8. The van der Waals surface area contributed by atoms with E-state index in [2.05, 4.69) is 84.4 Å². The molecule has 2 N–H and O–H groups in total. The molecular weight excluding hydrogens is 677 g/mol. The molecule has 1 saturated carbocycles. The summed E-state index contributed by atoms with van der Waals surface area (Å²) in [7, 11) is 0. The standard InChI is InChI=1S/C38H74N2O8S2/c1-8-12-16-43-26-37(10-3,27-44-17-13-9-2)30-47-33(41)39-25-36(7)23-32(22-35(5,6)24-36)40-34(42)48-31-38(11-4,28-45-18-14-20-49)29-46-19-15-21-50/h32,49-50H,8-31H2,1-7H3,(H,39,41)(H,40,42). The minimum Gasteiger partial charge on any atom is -0.449 e. The summed E-state index contributed by atoms with van der Waals surface area (Å²) in [6, 6.07) is -0.100. The Bertz CT molecular complexity index is 888. The molecule has 2 amide bonds. The molecule has 1 aliphatic rings. The Morgan fingerprint density at radius 1 is 0.660 bits per heavy atom. The van der Waals surface area contributed by atoms with Crippen LogP contribution in [0.15, 0.2) is 0 Å². The number of nitrogens with one attached hydrogen (secondary N) is 2. The number of ether oxygens (including phenoxy) is 6. The summed E-state index contributed by atoms with van der Waals surface area (Å²) in [6.07, 6.45) is 8.90. The lowest BCUT2D eigenvalue weighted by molar-refractivity contribution is -0.0575. The van der Waals surface area contributed by atoms with Gasteiger partial charge in [0.05, 0.1) is 37.3 Å². The number of unbranched alkanes of at least 4 members (excludes halogenated alkanes) is 2. The summed E-state index contributed by atoms with van der Waals surface area (Å²) in [4.78, 5) is 26.3. The molecular formula is C38H74N2O8S2. The first-order valence-corrected chi connectivity index (χ1v) is 20.5. The highest BCUT2D eigenvalue weighted by molar-refractivity contribution is 7.80. The van der Waals surface area contributed by atoms with E-state index in [0.29, 0.717) is 65.8 Å². The van der Waals surface area contributed by atoms with Gasteiger partial charge in [0, 0.05) is 39.0 Å². The Morgan fingerprint density at radius 2 is 1.10 bits per heavy atom. The summed E-state index contributed by atoms with van der Waals surface area (Å²) in [5.74, 6) is 1.51. The van der Waals surface area contributed by atoms with Crippen LogP contribution in [0.2, 0.25) is 0 Å². The van der Waals surface area contributed by atoms with Gasteiger partial charge in [-0.1, -0.05) is 61.3 Å². The summed E-state index contributed by atoms with van der Waals surface area (Å²) in [5.41, 5.74) is -1.12. The van der Waals surface area contributed by atoms with Gasteiger partial charge in [0.2, 0.25) is 0 Å². The quantitative estimate of drug-likeness (QED) is 0.0448. The molecule has 1 aliphatic carbocycles. The number of thiol groups is 2. The highest BCUT2D eigenvalue weighted by Gasteiger charge is 2.42. The van der Waals surface area contributed by atoms with E-state index in [-0.39, 0.29) is 30.1 Å². The summed E-state index contributed by atoms with van der Waals surface area (Å²) in [5, 5.41) is 6.18. The van der Waals surface area contributed by atoms with Crippen molar-refractivity contribution in [1.82, 2.24) is 10.6 Å². The molecule has 0 saturated heterocycles. The van der Waals surface area contributed by atoms with Gasteiger partial charge in [0.15, 0.2) is 0 Å². The Kier molecular flexibility index (Phi) is 24.4. The molecule has 10 nitrogen and oxygen atoms in total. The zero-order valence-corrected chi connectivity index (χ0v) is 34.5. The van der Waals surface area contributed by atoms with Crippen molar-refractivity contribution in [2.75, 3.05) is 84.1 Å². The SMILES string of the molecule is CCCCOCC(CC)(COCCCC)COC(=O)NCC1(C)CC(NC(=O)OCC(CC)(COCCCS)COCCCS)CC(C)(C)C1. The molecule has 0 radical (unpaired) electrons. The fourth-order valence-electron chi connectivity index (χ4n) is 6.70. The first-order valence-electron chi connectivity index (χ1n) is 19.2. The van der Waals surface area contributed by atoms with Gasteiger partial charge in [-0.2, -0.15) is 25.3 Å². The second kappa shape index (κ2) is 26.0. The van der Waals surface area contributed by atoms with Gasteiger partial charge in [-0.25, -0.2) is 9.59 Å². The van der Waals surface area contributed by atoms with Gasteiger partial charge in [-0.15, -0.1) is 0 Å². The van der Waals surface area contributed by atoms with Crippen molar-refractivity contribution >= 4 is 37.4 Å². The lowest BCUT2D eigenvalue weighted by Gasteiger charge is -2.46. The zero-order chi connectivity index (χ0) is 37.4. The fraction of sp³-hybridized carbons (Fsp3) is 0.947. The maximum Gasteiger partial charge on any atom is 0.407 e. The Morgan fingerprint density at radius 3 is 1.52 bits per heavy atom. The number of carbonyl (C=O) groups excluding carboxylic acids is 2. The van der Waals surface area contributed by atoms with Gasteiger partial charge in [-0.05, 0) is 80.1 Å². The Labute approximate surface area is 316 Å². The van der Waals surface area contributed by atoms with E-state index in [1.807, 2.05) is 0 Å². The van der Waals surface area contributed by atoms with Gasteiger partial charge in [-0.3, -0.25) is 0 Å². The van der Waals surface area contributed by atoms with Crippen LogP contribution in [0.25, 0.3) is 0 Å². The number of carbonyl (C=O) groups is 2. The van der Waals surface area contributed by atoms with E-state index in [9.17, 15) is 9.59 Å². The highest BCUT2D eigenvalue weighted by Crippen LogP contribution is 2.46. The van der Waals surface area contributed by atoms with Crippen LogP contribution in [-0.4, -0.2) is 102 Å². The fourth-order valence-corrected chi connectivity index (χ4v) is 6.95. The Hall–Kier alpha value is -0.920. The highest BCUT2D eigenvalue weighted by atomic mass is 32.1. The van der Waals surface area contributed by atoms with E-state index in [1.165, 1.54) is 0 Å². The van der Waals surface area contributed by atoms with E-state index < -0.39 is 23.0 Å².